The summed E-state index contributed by atoms with van der Waals surface area (Å²) in [6.45, 7) is 6.03. The van der Waals surface area contributed by atoms with Crippen LogP contribution in [0.4, 0.5) is 5.69 Å². The molecule has 0 aromatic heterocycles. The van der Waals surface area contributed by atoms with Crippen molar-refractivity contribution in [2.45, 2.75) is 53.4 Å². The maximum Gasteiger partial charge on any atom is 0.324 e. The zero-order valence-corrected chi connectivity index (χ0v) is 27.8. The second-order valence-corrected chi connectivity index (χ2v) is 11.8. The van der Waals surface area contributed by atoms with Gasteiger partial charge in [-0.05, 0) is 49.9 Å². The van der Waals surface area contributed by atoms with Gasteiger partial charge in [0.05, 0.1) is 26.4 Å². The van der Waals surface area contributed by atoms with E-state index in [2.05, 4.69) is 5.32 Å². The third-order valence-electron chi connectivity index (χ3n) is 8.52. The second-order valence-electron chi connectivity index (χ2n) is 11.8. The van der Waals surface area contributed by atoms with Crippen LogP contribution in [0.2, 0.25) is 0 Å². The number of hydrogen-bond donors (Lipinski definition) is 3. The van der Waals surface area contributed by atoms with Crippen molar-refractivity contribution >= 4 is 41.4 Å². The molecule has 0 saturated carbocycles. The highest BCUT2D eigenvalue weighted by Crippen LogP contribution is 2.50. The van der Waals surface area contributed by atoms with Crippen molar-refractivity contribution in [3.8, 4) is 11.5 Å². The molecule has 0 saturated heterocycles. The number of nitrogens with one attached hydrogen (secondary N) is 1. The Morgan fingerprint density at radius 1 is 0.625 bits per heavy atom. The highest BCUT2D eigenvalue weighted by Gasteiger charge is 2.59. The molecule has 0 fully saturated rings. The van der Waals surface area contributed by atoms with Gasteiger partial charge in [-0.2, -0.15) is 0 Å². The van der Waals surface area contributed by atoms with Gasteiger partial charge < -0.3 is 39.4 Å². The number of aromatic hydroxyl groups is 2. The Bertz CT molecular complexity index is 1550. The number of ether oxygens (including phenoxy) is 4. The van der Waals surface area contributed by atoms with Crippen LogP contribution in [0.5, 0.6) is 11.5 Å². The van der Waals surface area contributed by atoms with E-state index in [-0.39, 0.29) is 89.8 Å². The summed E-state index contributed by atoms with van der Waals surface area (Å²) in [5.74, 6) is -5.68. The molecule has 2 aliphatic carbocycles. The highest BCUT2D eigenvalue weighted by atomic mass is 16.6. The van der Waals surface area contributed by atoms with Crippen LogP contribution >= 0.6 is 0 Å². The Labute approximate surface area is 277 Å². The van der Waals surface area contributed by atoms with Crippen LogP contribution in [0.1, 0.15) is 70.7 Å². The summed E-state index contributed by atoms with van der Waals surface area (Å²) >= 11 is 0. The van der Waals surface area contributed by atoms with E-state index in [9.17, 15) is 39.0 Å². The second kappa shape index (κ2) is 13.9. The summed E-state index contributed by atoms with van der Waals surface area (Å²) in [6, 6.07) is 3.43. The van der Waals surface area contributed by atoms with E-state index < -0.39 is 59.4 Å². The van der Waals surface area contributed by atoms with Crippen molar-refractivity contribution in [3.63, 3.8) is 0 Å². The molecule has 0 bridgehead atoms. The van der Waals surface area contributed by atoms with Crippen molar-refractivity contribution in [1.29, 1.82) is 0 Å². The topological polar surface area (TPSA) is 195 Å². The van der Waals surface area contributed by atoms with Gasteiger partial charge in [0.2, 0.25) is 0 Å². The number of nitrogens with zero attached hydrogens (tertiary/aromatic N) is 1. The maximum absolute atomic E-state index is 14.3. The lowest BCUT2D eigenvalue weighted by Gasteiger charge is -2.25. The molecule has 258 valence electrons. The number of carbonyl (C=O) groups excluding carboxylic acids is 6. The summed E-state index contributed by atoms with van der Waals surface area (Å²) in [7, 11) is 2.99. The van der Waals surface area contributed by atoms with Crippen molar-refractivity contribution in [2.75, 3.05) is 45.8 Å². The van der Waals surface area contributed by atoms with Gasteiger partial charge in [-0.1, -0.05) is 0 Å². The number of carbonyl (C=O) groups is 6. The van der Waals surface area contributed by atoms with Gasteiger partial charge in [0.25, 0.3) is 11.8 Å². The van der Waals surface area contributed by atoms with Gasteiger partial charge in [0, 0.05) is 74.8 Å². The molecule has 2 aliphatic rings. The summed E-state index contributed by atoms with van der Waals surface area (Å²) in [5.41, 5.74) is -3.33. The van der Waals surface area contributed by atoms with Crippen molar-refractivity contribution in [2.24, 2.45) is 10.8 Å². The Morgan fingerprint density at radius 3 is 1.27 bits per heavy atom. The Kier molecular flexibility index (Phi) is 10.4. The van der Waals surface area contributed by atoms with Gasteiger partial charge in [-0.15, -0.1) is 0 Å². The molecule has 0 spiro atoms. The standard InChI is InChI=1S/C34H40N2O12/c1-7-45-29(41)33(30(42)46-8-2)14-21-23(16-33)26(28(40)36(5)6)24-17-34(31(43)47-9-3,32(44)48-10-4)15-22(24)25(21)27(39)35-18-11-19(37)13-20(38)12-18/h11-13,37-38H,7-10,14-17H2,1-6H3,(H,35,39). The number of benzene rings is 2. The molecule has 0 aliphatic heterocycles. The number of amides is 2. The SMILES string of the molecule is CCOC(=O)C1(C(=O)OCC)Cc2c(c(C(=O)N(C)C)c3c(c2C(=O)Nc2cc(O)cc(O)c2)CC(C(=O)OCC)(C(=O)OCC)C3)C1. The first-order valence-electron chi connectivity index (χ1n) is 15.7. The molecular weight excluding hydrogens is 628 g/mol. The first-order valence-corrected chi connectivity index (χ1v) is 15.7. The summed E-state index contributed by atoms with van der Waals surface area (Å²) < 4.78 is 21.3. The monoisotopic (exact) mass is 668 g/mol. The summed E-state index contributed by atoms with van der Waals surface area (Å²) in [6.07, 6.45) is -1.55. The summed E-state index contributed by atoms with van der Waals surface area (Å²) in [4.78, 5) is 84.0. The van der Waals surface area contributed by atoms with E-state index in [1.54, 1.807) is 27.7 Å². The van der Waals surface area contributed by atoms with Crippen LogP contribution in [0, 0.1) is 10.8 Å². The number of rotatable bonds is 11. The number of esters is 4. The van der Waals surface area contributed by atoms with E-state index in [0.29, 0.717) is 0 Å². The molecule has 14 nitrogen and oxygen atoms in total. The van der Waals surface area contributed by atoms with Crippen LogP contribution in [0.3, 0.4) is 0 Å². The fourth-order valence-electron chi connectivity index (χ4n) is 6.52. The molecule has 3 N–H and O–H groups in total. The minimum atomic E-state index is -1.96. The van der Waals surface area contributed by atoms with Gasteiger partial charge in [0.1, 0.15) is 11.5 Å². The van der Waals surface area contributed by atoms with E-state index in [4.69, 9.17) is 18.9 Å². The average Bonchev–Trinajstić information content (AvgIpc) is 3.60. The summed E-state index contributed by atoms with van der Waals surface area (Å²) in [5, 5.41) is 22.7. The Morgan fingerprint density at radius 2 is 0.958 bits per heavy atom. The van der Waals surface area contributed by atoms with E-state index in [1.807, 2.05) is 0 Å². The first-order chi connectivity index (χ1) is 22.7. The quantitative estimate of drug-likeness (QED) is 0.180. The fraction of sp³-hybridized carbons (Fsp3) is 0.471. The van der Waals surface area contributed by atoms with Gasteiger partial charge in [0.15, 0.2) is 10.8 Å². The van der Waals surface area contributed by atoms with Crippen molar-refractivity contribution in [1.82, 2.24) is 4.90 Å². The minimum absolute atomic E-state index is 0.00599. The van der Waals surface area contributed by atoms with Gasteiger partial charge in [-0.3, -0.25) is 28.8 Å². The molecule has 0 atom stereocenters. The molecular formula is C34H40N2O12. The molecule has 14 heteroatoms. The zero-order chi connectivity index (χ0) is 35.6. The lowest BCUT2D eigenvalue weighted by atomic mass is 9.82. The molecule has 0 heterocycles. The normalized spacial score (nSPS) is 15.0. The minimum Gasteiger partial charge on any atom is -0.508 e. The van der Waals surface area contributed by atoms with Gasteiger partial charge in [-0.25, -0.2) is 0 Å². The smallest absolute Gasteiger partial charge is 0.324 e. The van der Waals surface area contributed by atoms with Crippen LogP contribution in [-0.2, 0) is 63.8 Å². The molecule has 0 unspecified atom stereocenters. The predicted molar refractivity (Wildman–Crippen MR) is 168 cm³/mol. The maximum atomic E-state index is 14.3. The third kappa shape index (κ3) is 6.14. The van der Waals surface area contributed by atoms with Crippen LogP contribution < -0.4 is 5.32 Å². The van der Waals surface area contributed by atoms with Crippen LogP contribution in [-0.4, -0.2) is 91.3 Å². The Hall–Kier alpha value is -5.14. The third-order valence-corrected chi connectivity index (χ3v) is 8.52. The Balaban J connectivity index is 2.08. The molecule has 48 heavy (non-hydrogen) atoms. The molecule has 0 radical (unpaired) electrons. The number of fused-ring (bicyclic) bond motifs is 2. The highest BCUT2D eigenvalue weighted by molar-refractivity contribution is 6.13. The van der Waals surface area contributed by atoms with E-state index in [1.165, 1.54) is 31.1 Å². The largest absolute Gasteiger partial charge is 0.508 e. The van der Waals surface area contributed by atoms with E-state index >= 15 is 0 Å². The molecule has 2 aromatic rings. The number of phenols is 2. The predicted octanol–water partition coefficient (Wildman–Crippen LogP) is 2.47. The molecule has 2 amide bonds. The van der Waals surface area contributed by atoms with Crippen molar-refractivity contribution < 1.29 is 57.9 Å². The fourth-order valence-corrected chi connectivity index (χ4v) is 6.52. The molecule has 2 aromatic carbocycles. The lowest BCUT2D eigenvalue weighted by molar-refractivity contribution is -0.172. The number of hydrogen-bond acceptors (Lipinski definition) is 12. The lowest BCUT2D eigenvalue weighted by Crippen LogP contribution is -2.43. The van der Waals surface area contributed by atoms with Gasteiger partial charge >= 0.3 is 23.9 Å². The first kappa shape index (κ1) is 35.7. The number of anilines is 1. The number of phenolic OH excluding ortho intramolecular Hbond substituents is 2. The molecule has 4 rings (SSSR count). The average molecular weight is 669 g/mol. The zero-order valence-electron chi connectivity index (χ0n) is 27.8. The van der Waals surface area contributed by atoms with E-state index in [0.717, 1.165) is 6.07 Å². The van der Waals surface area contributed by atoms with Crippen molar-refractivity contribution in [3.05, 3.63) is 51.6 Å². The van der Waals surface area contributed by atoms with Crippen LogP contribution in [0.25, 0.3) is 0 Å². The van der Waals surface area contributed by atoms with Crippen LogP contribution in [0.15, 0.2) is 18.2 Å².